The van der Waals surface area contributed by atoms with Crippen molar-refractivity contribution in [2.75, 3.05) is 13.1 Å². The number of fused-ring (bicyclic) bond motifs is 1. The number of aliphatic carboxylic acids is 1. The van der Waals surface area contributed by atoms with Gasteiger partial charge in [0.15, 0.2) is 0 Å². The zero-order chi connectivity index (χ0) is 11.8. The average Bonchev–Trinajstić information content (AvgIpc) is 2.94. The van der Waals surface area contributed by atoms with Crippen LogP contribution < -0.4 is 5.32 Å². The lowest BCUT2D eigenvalue weighted by molar-refractivity contribution is -0.141. The maximum atomic E-state index is 11.2. The Hall–Kier alpha value is -1.81. The van der Waals surface area contributed by atoms with Crippen molar-refractivity contribution < 1.29 is 14.3 Å². The molecule has 1 fully saturated rings. The minimum absolute atomic E-state index is 0.00356. The van der Waals surface area contributed by atoms with Gasteiger partial charge >= 0.3 is 5.97 Å². The fraction of sp³-hybridized carbons (Fsp3) is 0.308. The Morgan fingerprint density at radius 1 is 1.35 bits per heavy atom. The molecule has 0 saturated carbocycles. The average molecular weight is 231 g/mol. The third-order valence-electron chi connectivity index (χ3n) is 3.44. The van der Waals surface area contributed by atoms with Crippen molar-refractivity contribution in [3.05, 3.63) is 36.1 Å². The lowest BCUT2D eigenvalue weighted by atomic mass is 9.89. The van der Waals surface area contributed by atoms with Gasteiger partial charge in [0.05, 0.1) is 12.2 Å². The van der Waals surface area contributed by atoms with Crippen molar-refractivity contribution in [1.29, 1.82) is 0 Å². The van der Waals surface area contributed by atoms with E-state index in [1.54, 1.807) is 6.26 Å². The summed E-state index contributed by atoms with van der Waals surface area (Å²) in [6.07, 6.45) is 1.69. The number of rotatable bonds is 2. The molecule has 1 aromatic carbocycles. The minimum Gasteiger partial charge on any atom is -0.481 e. The monoisotopic (exact) mass is 231 g/mol. The van der Waals surface area contributed by atoms with Crippen molar-refractivity contribution in [3.63, 3.8) is 0 Å². The topological polar surface area (TPSA) is 62.5 Å². The van der Waals surface area contributed by atoms with E-state index >= 15 is 0 Å². The smallest absolute Gasteiger partial charge is 0.308 e. The first-order valence-electron chi connectivity index (χ1n) is 5.67. The van der Waals surface area contributed by atoms with E-state index in [0.717, 1.165) is 16.5 Å². The van der Waals surface area contributed by atoms with Gasteiger partial charge in [-0.05, 0) is 6.07 Å². The molecule has 0 radical (unpaired) electrons. The lowest BCUT2D eigenvalue weighted by Crippen LogP contribution is -2.20. The quantitative estimate of drug-likeness (QED) is 0.827. The number of carboxylic acid groups (broad SMARTS) is 1. The van der Waals surface area contributed by atoms with Crippen LogP contribution in [-0.4, -0.2) is 24.2 Å². The number of furan rings is 1. The molecule has 0 amide bonds. The van der Waals surface area contributed by atoms with Crippen LogP contribution in [-0.2, 0) is 4.79 Å². The van der Waals surface area contributed by atoms with Gasteiger partial charge in [0, 0.05) is 30.0 Å². The van der Waals surface area contributed by atoms with Crippen LogP contribution in [0.5, 0.6) is 0 Å². The zero-order valence-corrected chi connectivity index (χ0v) is 9.22. The predicted molar refractivity (Wildman–Crippen MR) is 63.0 cm³/mol. The summed E-state index contributed by atoms with van der Waals surface area (Å²) in [6.45, 7) is 1.22. The summed E-state index contributed by atoms with van der Waals surface area (Å²) in [5, 5.41) is 13.3. The van der Waals surface area contributed by atoms with Gasteiger partial charge in [0.25, 0.3) is 0 Å². The first-order chi connectivity index (χ1) is 8.27. The Morgan fingerprint density at radius 2 is 2.18 bits per heavy atom. The standard InChI is InChI=1S/C13H13NO3/c15-13(16)10-6-14-5-9(10)11-7-17-12-4-2-1-3-8(11)12/h1-4,7,9-10,14H,5-6H2,(H,15,16). The molecule has 2 atom stereocenters. The summed E-state index contributed by atoms with van der Waals surface area (Å²) in [5.41, 5.74) is 1.82. The highest BCUT2D eigenvalue weighted by Gasteiger charge is 2.35. The molecule has 2 N–H and O–H groups in total. The van der Waals surface area contributed by atoms with Crippen LogP contribution in [0.2, 0.25) is 0 Å². The van der Waals surface area contributed by atoms with Crippen molar-refractivity contribution in [2.45, 2.75) is 5.92 Å². The van der Waals surface area contributed by atoms with E-state index in [4.69, 9.17) is 4.42 Å². The number of nitrogens with one attached hydrogen (secondary N) is 1. The first-order valence-corrected chi connectivity index (χ1v) is 5.67. The summed E-state index contributed by atoms with van der Waals surface area (Å²) in [5.74, 6) is -1.11. The second-order valence-corrected chi connectivity index (χ2v) is 4.40. The van der Waals surface area contributed by atoms with Crippen LogP contribution in [0.15, 0.2) is 34.9 Å². The van der Waals surface area contributed by atoms with Gasteiger partial charge < -0.3 is 14.8 Å². The maximum absolute atomic E-state index is 11.2. The predicted octanol–water partition coefficient (Wildman–Crippen LogP) is 1.82. The van der Waals surface area contributed by atoms with Gasteiger partial charge in [0.2, 0.25) is 0 Å². The van der Waals surface area contributed by atoms with E-state index in [-0.39, 0.29) is 11.8 Å². The number of hydrogen-bond donors (Lipinski definition) is 2. The van der Waals surface area contributed by atoms with Gasteiger partial charge in [0.1, 0.15) is 5.58 Å². The Labute approximate surface area is 98.2 Å². The van der Waals surface area contributed by atoms with E-state index < -0.39 is 5.97 Å². The van der Waals surface area contributed by atoms with Gasteiger partial charge in [-0.1, -0.05) is 18.2 Å². The molecule has 0 spiro atoms. The zero-order valence-electron chi connectivity index (χ0n) is 9.22. The molecule has 4 nitrogen and oxygen atoms in total. The molecule has 88 valence electrons. The van der Waals surface area contributed by atoms with Crippen molar-refractivity contribution in [2.24, 2.45) is 5.92 Å². The fourth-order valence-corrected chi connectivity index (χ4v) is 2.55. The maximum Gasteiger partial charge on any atom is 0.308 e. The summed E-state index contributed by atoms with van der Waals surface area (Å²) < 4.78 is 5.47. The van der Waals surface area contributed by atoms with Crippen LogP contribution in [0.1, 0.15) is 11.5 Å². The summed E-state index contributed by atoms with van der Waals surface area (Å²) >= 11 is 0. The van der Waals surface area contributed by atoms with E-state index in [2.05, 4.69) is 5.32 Å². The Morgan fingerprint density at radius 3 is 3.00 bits per heavy atom. The summed E-state index contributed by atoms with van der Waals surface area (Å²) in [4.78, 5) is 11.2. The van der Waals surface area contributed by atoms with E-state index in [0.29, 0.717) is 13.1 Å². The van der Waals surface area contributed by atoms with Crippen molar-refractivity contribution in [1.82, 2.24) is 5.32 Å². The number of benzene rings is 1. The van der Waals surface area contributed by atoms with E-state index in [1.807, 2.05) is 24.3 Å². The van der Waals surface area contributed by atoms with Crippen LogP contribution in [0.3, 0.4) is 0 Å². The molecule has 2 aromatic rings. The first kappa shape index (κ1) is 10.4. The largest absolute Gasteiger partial charge is 0.481 e. The lowest BCUT2D eigenvalue weighted by Gasteiger charge is -2.12. The normalized spacial score (nSPS) is 24.2. The Kier molecular flexibility index (Phi) is 2.37. The highest BCUT2D eigenvalue weighted by atomic mass is 16.4. The Balaban J connectivity index is 2.06. The van der Waals surface area contributed by atoms with Crippen LogP contribution >= 0.6 is 0 Å². The van der Waals surface area contributed by atoms with Gasteiger partial charge in [-0.15, -0.1) is 0 Å². The molecular formula is C13H13NO3. The van der Waals surface area contributed by atoms with Crippen LogP contribution in [0.25, 0.3) is 11.0 Å². The number of hydrogen-bond acceptors (Lipinski definition) is 3. The van der Waals surface area contributed by atoms with Gasteiger partial charge in [-0.3, -0.25) is 4.79 Å². The second-order valence-electron chi connectivity index (χ2n) is 4.40. The van der Waals surface area contributed by atoms with E-state index in [1.165, 1.54) is 0 Å². The highest BCUT2D eigenvalue weighted by molar-refractivity contribution is 5.83. The molecule has 1 aliphatic heterocycles. The number of para-hydroxylation sites is 1. The summed E-state index contributed by atoms with van der Waals surface area (Å²) in [6, 6.07) is 7.74. The summed E-state index contributed by atoms with van der Waals surface area (Å²) in [7, 11) is 0. The molecule has 1 aromatic heterocycles. The molecule has 4 heteroatoms. The molecule has 0 aliphatic carbocycles. The Bertz CT molecular complexity index is 561. The molecule has 3 rings (SSSR count). The van der Waals surface area contributed by atoms with Gasteiger partial charge in [-0.25, -0.2) is 0 Å². The molecule has 17 heavy (non-hydrogen) atoms. The van der Waals surface area contributed by atoms with Gasteiger partial charge in [-0.2, -0.15) is 0 Å². The SMILES string of the molecule is O=C(O)C1CNCC1c1coc2ccccc12. The van der Waals surface area contributed by atoms with E-state index in [9.17, 15) is 9.90 Å². The third-order valence-corrected chi connectivity index (χ3v) is 3.44. The highest BCUT2D eigenvalue weighted by Crippen LogP contribution is 2.34. The molecule has 2 heterocycles. The van der Waals surface area contributed by atoms with Crippen molar-refractivity contribution >= 4 is 16.9 Å². The third kappa shape index (κ3) is 1.61. The number of carbonyl (C=O) groups is 1. The second kappa shape index (κ2) is 3.89. The molecule has 0 bridgehead atoms. The molecule has 1 saturated heterocycles. The van der Waals surface area contributed by atoms with Crippen LogP contribution in [0.4, 0.5) is 0 Å². The fourth-order valence-electron chi connectivity index (χ4n) is 2.55. The molecular weight excluding hydrogens is 218 g/mol. The number of carboxylic acids is 1. The minimum atomic E-state index is -0.745. The van der Waals surface area contributed by atoms with Crippen molar-refractivity contribution in [3.8, 4) is 0 Å². The van der Waals surface area contributed by atoms with Crippen LogP contribution in [0, 0.1) is 5.92 Å². The molecule has 1 aliphatic rings. The molecule has 2 unspecified atom stereocenters.